The summed E-state index contributed by atoms with van der Waals surface area (Å²) in [6.07, 6.45) is 2.12. The van der Waals surface area contributed by atoms with Crippen molar-refractivity contribution in [3.63, 3.8) is 0 Å². The summed E-state index contributed by atoms with van der Waals surface area (Å²) < 4.78 is 11.5. The van der Waals surface area contributed by atoms with Crippen LogP contribution in [0.1, 0.15) is 33.6 Å². The molecule has 26 heavy (non-hydrogen) atoms. The molecule has 5 heteroatoms. The van der Waals surface area contributed by atoms with Crippen molar-refractivity contribution in [2.45, 2.75) is 39.7 Å². The van der Waals surface area contributed by atoms with Crippen molar-refractivity contribution in [2.24, 2.45) is 0 Å². The fourth-order valence-corrected chi connectivity index (χ4v) is 2.36. The second kappa shape index (κ2) is 10.3. The number of nitrogens with one attached hydrogen (secondary N) is 2. The molecule has 2 rings (SSSR count). The summed E-state index contributed by atoms with van der Waals surface area (Å²) in [5, 5.41) is 6.03. The lowest BCUT2D eigenvalue weighted by molar-refractivity contribution is -0.114. The summed E-state index contributed by atoms with van der Waals surface area (Å²) in [7, 11) is 0. The Morgan fingerprint density at radius 2 is 1.65 bits per heavy atom. The summed E-state index contributed by atoms with van der Waals surface area (Å²) >= 11 is 0. The number of anilines is 2. The molecule has 5 nitrogen and oxygen atoms in total. The lowest BCUT2D eigenvalue weighted by atomic mass is 10.2. The van der Waals surface area contributed by atoms with Gasteiger partial charge in [-0.3, -0.25) is 4.79 Å². The molecule has 0 bridgehead atoms. The van der Waals surface area contributed by atoms with Crippen molar-refractivity contribution >= 4 is 17.3 Å². The number of ether oxygens (including phenoxy) is 2. The first-order chi connectivity index (χ1) is 12.6. The predicted molar refractivity (Wildman–Crippen MR) is 106 cm³/mol. The molecule has 0 aromatic heterocycles. The van der Waals surface area contributed by atoms with Crippen molar-refractivity contribution < 1.29 is 14.3 Å². The maximum absolute atomic E-state index is 12.3. The number of hydrogen-bond acceptors (Lipinski definition) is 4. The minimum Gasteiger partial charge on any atom is -0.491 e. The fourth-order valence-electron chi connectivity index (χ4n) is 2.36. The Kier molecular flexibility index (Phi) is 7.80. The Morgan fingerprint density at radius 3 is 2.35 bits per heavy atom. The third-order valence-corrected chi connectivity index (χ3v) is 3.61. The lowest BCUT2D eigenvalue weighted by Crippen LogP contribution is -2.22. The number of unbranched alkanes of at least 4 members (excludes halogenated alkanes) is 1. The normalized spacial score (nSPS) is 10.5. The summed E-state index contributed by atoms with van der Waals surface area (Å²) in [5.41, 5.74) is 1.48. The number of carbonyl (C=O) groups excluding carboxylic acids is 1. The molecule has 0 aliphatic heterocycles. The molecule has 0 saturated heterocycles. The molecule has 0 radical (unpaired) electrons. The van der Waals surface area contributed by atoms with E-state index in [2.05, 4.69) is 17.6 Å². The summed E-state index contributed by atoms with van der Waals surface area (Å²) in [6, 6.07) is 15.1. The van der Waals surface area contributed by atoms with E-state index in [0.29, 0.717) is 18.0 Å². The van der Waals surface area contributed by atoms with E-state index in [1.807, 2.05) is 62.4 Å². The molecule has 0 aliphatic carbocycles. The maximum Gasteiger partial charge on any atom is 0.243 e. The largest absolute Gasteiger partial charge is 0.491 e. The van der Waals surface area contributed by atoms with Gasteiger partial charge in [0.1, 0.15) is 11.5 Å². The summed E-state index contributed by atoms with van der Waals surface area (Å²) in [4.78, 5) is 12.3. The van der Waals surface area contributed by atoms with Gasteiger partial charge in [0.2, 0.25) is 5.91 Å². The van der Waals surface area contributed by atoms with Crippen LogP contribution in [0.3, 0.4) is 0 Å². The lowest BCUT2D eigenvalue weighted by Gasteiger charge is -2.16. The van der Waals surface area contributed by atoms with Gasteiger partial charge >= 0.3 is 0 Å². The van der Waals surface area contributed by atoms with Gasteiger partial charge in [-0.05, 0) is 44.5 Å². The number of amides is 1. The van der Waals surface area contributed by atoms with E-state index < -0.39 is 0 Å². The van der Waals surface area contributed by atoms with Gasteiger partial charge in [0.15, 0.2) is 0 Å². The van der Waals surface area contributed by atoms with Crippen molar-refractivity contribution in [3.8, 4) is 11.5 Å². The number of para-hydroxylation sites is 4. The first kappa shape index (κ1) is 19.6. The number of carbonyl (C=O) groups is 1. The maximum atomic E-state index is 12.3. The molecule has 1 amide bonds. The number of rotatable bonds is 10. The smallest absolute Gasteiger partial charge is 0.243 e. The SMILES string of the molecule is CCCCOc1ccccc1NCC(=O)Nc1ccccc1OC(C)C. The molecule has 0 heterocycles. The molecule has 0 unspecified atom stereocenters. The van der Waals surface area contributed by atoms with Crippen LogP contribution in [-0.4, -0.2) is 25.2 Å². The Hall–Kier alpha value is -2.69. The van der Waals surface area contributed by atoms with Gasteiger partial charge in [-0.15, -0.1) is 0 Å². The van der Waals surface area contributed by atoms with E-state index in [1.54, 1.807) is 0 Å². The van der Waals surface area contributed by atoms with Crippen LogP contribution in [0.4, 0.5) is 11.4 Å². The second-order valence-electron chi connectivity index (χ2n) is 6.26. The molecule has 0 aliphatic rings. The van der Waals surface area contributed by atoms with Crippen LogP contribution < -0.4 is 20.1 Å². The van der Waals surface area contributed by atoms with Gasteiger partial charge in [-0.1, -0.05) is 37.6 Å². The van der Waals surface area contributed by atoms with Crippen molar-refractivity contribution in [1.29, 1.82) is 0 Å². The average Bonchev–Trinajstić information content (AvgIpc) is 2.62. The highest BCUT2D eigenvalue weighted by Crippen LogP contribution is 2.26. The van der Waals surface area contributed by atoms with Crippen LogP contribution in [0.5, 0.6) is 11.5 Å². The highest BCUT2D eigenvalue weighted by atomic mass is 16.5. The molecule has 0 atom stereocenters. The summed E-state index contributed by atoms with van der Waals surface area (Å²) in [6.45, 7) is 6.84. The highest BCUT2D eigenvalue weighted by molar-refractivity contribution is 5.95. The van der Waals surface area contributed by atoms with Crippen LogP contribution in [0.2, 0.25) is 0 Å². The zero-order valence-electron chi connectivity index (χ0n) is 15.7. The van der Waals surface area contributed by atoms with E-state index in [1.165, 1.54) is 0 Å². The van der Waals surface area contributed by atoms with Gasteiger partial charge < -0.3 is 20.1 Å². The molecule has 2 aromatic carbocycles. The molecular weight excluding hydrogens is 328 g/mol. The van der Waals surface area contributed by atoms with Crippen LogP contribution >= 0.6 is 0 Å². The Bertz CT molecular complexity index is 701. The van der Waals surface area contributed by atoms with E-state index >= 15 is 0 Å². The van der Waals surface area contributed by atoms with Crippen molar-refractivity contribution in [1.82, 2.24) is 0 Å². The molecular formula is C21H28N2O3. The van der Waals surface area contributed by atoms with Gasteiger partial charge in [-0.25, -0.2) is 0 Å². The monoisotopic (exact) mass is 356 g/mol. The van der Waals surface area contributed by atoms with Gasteiger partial charge in [-0.2, -0.15) is 0 Å². The quantitative estimate of drug-likeness (QED) is 0.606. The topological polar surface area (TPSA) is 59.6 Å². The number of hydrogen-bond donors (Lipinski definition) is 2. The zero-order chi connectivity index (χ0) is 18.8. The standard InChI is InChI=1S/C21H28N2O3/c1-4-5-14-25-19-12-8-6-10-17(19)22-15-21(24)23-18-11-7-9-13-20(18)26-16(2)3/h6-13,16,22H,4-5,14-15H2,1-3H3,(H,23,24). The molecule has 0 spiro atoms. The van der Waals surface area contributed by atoms with Crippen LogP contribution in [0.15, 0.2) is 48.5 Å². The average molecular weight is 356 g/mol. The van der Waals surface area contributed by atoms with Crippen molar-refractivity contribution in [2.75, 3.05) is 23.8 Å². The Labute approximate surface area is 155 Å². The Morgan fingerprint density at radius 1 is 1.00 bits per heavy atom. The van der Waals surface area contributed by atoms with Gasteiger partial charge in [0, 0.05) is 0 Å². The Balaban J connectivity index is 1.94. The third-order valence-electron chi connectivity index (χ3n) is 3.61. The van der Waals surface area contributed by atoms with E-state index in [4.69, 9.17) is 9.47 Å². The minimum absolute atomic E-state index is 0.0401. The minimum atomic E-state index is -0.145. The molecule has 2 aromatic rings. The molecule has 140 valence electrons. The van der Waals surface area contributed by atoms with Crippen LogP contribution in [0, 0.1) is 0 Å². The second-order valence-corrected chi connectivity index (χ2v) is 6.26. The summed E-state index contributed by atoms with van der Waals surface area (Å²) in [5.74, 6) is 1.28. The fraction of sp³-hybridized carbons (Fsp3) is 0.381. The van der Waals surface area contributed by atoms with Crippen LogP contribution in [-0.2, 0) is 4.79 Å². The molecule has 0 fully saturated rings. The zero-order valence-corrected chi connectivity index (χ0v) is 15.7. The highest BCUT2D eigenvalue weighted by Gasteiger charge is 2.10. The van der Waals surface area contributed by atoms with Crippen LogP contribution in [0.25, 0.3) is 0 Å². The van der Waals surface area contributed by atoms with E-state index in [9.17, 15) is 4.79 Å². The molecule has 2 N–H and O–H groups in total. The first-order valence-electron chi connectivity index (χ1n) is 9.11. The first-order valence-corrected chi connectivity index (χ1v) is 9.11. The molecule has 0 saturated carbocycles. The van der Waals surface area contributed by atoms with Gasteiger partial charge in [0.05, 0.1) is 30.6 Å². The van der Waals surface area contributed by atoms with E-state index in [0.717, 1.165) is 24.3 Å². The number of benzene rings is 2. The van der Waals surface area contributed by atoms with Crippen molar-refractivity contribution in [3.05, 3.63) is 48.5 Å². The predicted octanol–water partition coefficient (Wildman–Crippen LogP) is 4.70. The van der Waals surface area contributed by atoms with E-state index in [-0.39, 0.29) is 18.6 Å². The van der Waals surface area contributed by atoms with Gasteiger partial charge in [0.25, 0.3) is 0 Å². The third kappa shape index (κ3) is 6.31.